The fourth-order valence-corrected chi connectivity index (χ4v) is 3.54. The summed E-state index contributed by atoms with van der Waals surface area (Å²) in [4.78, 5) is 23.7. The van der Waals surface area contributed by atoms with Crippen molar-refractivity contribution in [3.63, 3.8) is 0 Å². The van der Waals surface area contributed by atoms with E-state index in [1.807, 2.05) is 47.9 Å². The van der Waals surface area contributed by atoms with Gasteiger partial charge in [-0.3, -0.25) is 14.3 Å². The van der Waals surface area contributed by atoms with Gasteiger partial charge in [-0.1, -0.05) is 18.2 Å². The third kappa shape index (κ3) is 3.20. The quantitative estimate of drug-likeness (QED) is 0.769. The van der Waals surface area contributed by atoms with Gasteiger partial charge in [-0.05, 0) is 51.1 Å². The number of nitrogens with one attached hydrogen (secondary N) is 1. The summed E-state index contributed by atoms with van der Waals surface area (Å²) in [5, 5.41) is 3.07. The summed E-state index contributed by atoms with van der Waals surface area (Å²) in [5.74, 6) is 0.868. The first-order chi connectivity index (χ1) is 12.7. The van der Waals surface area contributed by atoms with E-state index in [0.29, 0.717) is 6.54 Å². The van der Waals surface area contributed by atoms with Gasteiger partial charge in [-0.25, -0.2) is 9.97 Å². The maximum Gasteiger partial charge on any atom is 0.237 e. The standard InChI is InChI=1S/C20H23N5O/c1-15(24-11-4-5-12-24)20(26)22-13-16-7-6-10-21-19(16)25-14-23-17-8-2-3-9-18(17)25/h2-3,6-10,14-15H,4-5,11-13H2,1H3,(H,22,26)/t15-/m1/s1. The fourth-order valence-electron chi connectivity index (χ4n) is 3.54. The maximum absolute atomic E-state index is 12.5. The summed E-state index contributed by atoms with van der Waals surface area (Å²) in [6, 6.07) is 11.8. The number of fused-ring (bicyclic) bond motifs is 1. The van der Waals surface area contributed by atoms with E-state index in [2.05, 4.69) is 20.2 Å². The van der Waals surface area contributed by atoms with Crippen molar-refractivity contribution >= 4 is 16.9 Å². The van der Waals surface area contributed by atoms with Crippen LogP contribution >= 0.6 is 0 Å². The van der Waals surface area contributed by atoms with Gasteiger partial charge in [-0.15, -0.1) is 0 Å². The third-order valence-corrected chi connectivity index (χ3v) is 5.07. The Labute approximate surface area is 152 Å². The topological polar surface area (TPSA) is 63.1 Å². The molecule has 3 aromatic rings. The summed E-state index contributed by atoms with van der Waals surface area (Å²) in [7, 11) is 0. The number of hydrogen-bond donors (Lipinski definition) is 1. The van der Waals surface area contributed by atoms with Crippen LogP contribution in [0.4, 0.5) is 0 Å². The van der Waals surface area contributed by atoms with E-state index in [-0.39, 0.29) is 11.9 Å². The van der Waals surface area contributed by atoms with Gasteiger partial charge in [0, 0.05) is 18.3 Å². The molecule has 6 heteroatoms. The minimum Gasteiger partial charge on any atom is -0.351 e. The molecule has 1 aromatic carbocycles. The largest absolute Gasteiger partial charge is 0.351 e. The van der Waals surface area contributed by atoms with Crippen molar-refractivity contribution in [1.29, 1.82) is 0 Å². The number of rotatable bonds is 5. The summed E-state index contributed by atoms with van der Waals surface area (Å²) in [6.07, 6.45) is 5.91. The molecule has 0 aliphatic carbocycles. The Morgan fingerprint density at radius 3 is 2.81 bits per heavy atom. The van der Waals surface area contributed by atoms with E-state index in [1.54, 1.807) is 12.5 Å². The summed E-state index contributed by atoms with van der Waals surface area (Å²) >= 11 is 0. The summed E-state index contributed by atoms with van der Waals surface area (Å²) < 4.78 is 1.97. The molecule has 0 radical (unpaired) electrons. The number of aromatic nitrogens is 3. The molecule has 4 rings (SSSR count). The Morgan fingerprint density at radius 1 is 1.15 bits per heavy atom. The number of hydrogen-bond acceptors (Lipinski definition) is 4. The number of carbonyl (C=O) groups excluding carboxylic acids is 1. The molecule has 1 saturated heterocycles. The Balaban J connectivity index is 1.54. The second-order valence-electron chi connectivity index (χ2n) is 6.73. The number of amides is 1. The van der Waals surface area contributed by atoms with Crippen LogP contribution in [-0.4, -0.2) is 44.5 Å². The second kappa shape index (κ2) is 7.25. The van der Waals surface area contributed by atoms with Crippen LogP contribution in [0.15, 0.2) is 48.9 Å². The lowest BCUT2D eigenvalue weighted by Gasteiger charge is -2.23. The normalized spacial score (nSPS) is 16.0. The van der Waals surface area contributed by atoms with Gasteiger partial charge in [0.1, 0.15) is 12.1 Å². The Kier molecular flexibility index (Phi) is 4.67. The van der Waals surface area contributed by atoms with E-state index in [1.165, 1.54) is 12.8 Å². The Hall–Kier alpha value is -2.73. The van der Waals surface area contributed by atoms with E-state index < -0.39 is 0 Å². The molecule has 0 saturated carbocycles. The number of carbonyl (C=O) groups is 1. The van der Waals surface area contributed by atoms with Crippen LogP contribution in [0.25, 0.3) is 16.9 Å². The molecular formula is C20H23N5O. The molecule has 1 aliphatic rings. The monoisotopic (exact) mass is 349 g/mol. The van der Waals surface area contributed by atoms with Crippen molar-refractivity contribution in [3.8, 4) is 5.82 Å². The highest BCUT2D eigenvalue weighted by atomic mass is 16.2. The van der Waals surface area contributed by atoms with Crippen LogP contribution in [0.2, 0.25) is 0 Å². The van der Waals surface area contributed by atoms with Crippen LogP contribution in [0, 0.1) is 0 Å². The van der Waals surface area contributed by atoms with Crippen molar-refractivity contribution in [2.75, 3.05) is 13.1 Å². The van der Waals surface area contributed by atoms with Crippen LogP contribution in [0.3, 0.4) is 0 Å². The highest BCUT2D eigenvalue weighted by molar-refractivity contribution is 5.81. The molecule has 1 aliphatic heterocycles. The highest BCUT2D eigenvalue weighted by Crippen LogP contribution is 2.19. The first kappa shape index (κ1) is 16.7. The summed E-state index contributed by atoms with van der Waals surface area (Å²) in [6.45, 7) is 4.45. The fraction of sp³-hybridized carbons (Fsp3) is 0.350. The zero-order valence-corrected chi connectivity index (χ0v) is 14.9. The third-order valence-electron chi connectivity index (χ3n) is 5.07. The van der Waals surface area contributed by atoms with E-state index >= 15 is 0 Å². The van der Waals surface area contributed by atoms with E-state index in [9.17, 15) is 4.79 Å². The number of pyridine rings is 1. The molecule has 2 aromatic heterocycles. The van der Waals surface area contributed by atoms with Gasteiger partial charge in [0.05, 0.1) is 17.1 Å². The Bertz CT molecular complexity index is 913. The maximum atomic E-state index is 12.5. The molecular weight excluding hydrogens is 326 g/mol. The second-order valence-corrected chi connectivity index (χ2v) is 6.73. The number of benzene rings is 1. The van der Waals surface area contributed by atoms with Crippen LogP contribution < -0.4 is 5.32 Å². The molecule has 1 N–H and O–H groups in total. The first-order valence-electron chi connectivity index (χ1n) is 9.12. The van der Waals surface area contributed by atoms with Crippen molar-refractivity contribution in [1.82, 2.24) is 24.8 Å². The molecule has 1 amide bonds. The number of para-hydroxylation sites is 2. The average Bonchev–Trinajstić information content (AvgIpc) is 3.35. The smallest absolute Gasteiger partial charge is 0.237 e. The van der Waals surface area contributed by atoms with Gasteiger partial charge < -0.3 is 5.32 Å². The number of likely N-dealkylation sites (tertiary alicyclic amines) is 1. The number of nitrogens with zero attached hydrogens (tertiary/aromatic N) is 4. The lowest BCUT2D eigenvalue weighted by Crippen LogP contribution is -2.43. The first-order valence-corrected chi connectivity index (χ1v) is 9.12. The molecule has 0 bridgehead atoms. The van der Waals surface area contributed by atoms with Gasteiger partial charge in [0.25, 0.3) is 0 Å². The molecule has 26 heavy (non-hydrogen) atoms. The van der Waals surface area contributed by atoms with Crippen molar-refractivity contribution < 1.29 is 4.79 Å². The van der Waals surface area contributed by atoms with Crippen molar-refractivity contribution in [2.24, 2.45) is 0 Å². The van der Waals surface area contributed by atoms with Crippen molar-refractivity contribution in [3.05, 3.63) is 54.5 Å². The Morgan fingerprint density at radius 2 is 1.96 bits per heavy atom. The molecule has 1 atom stereocenters. The highest BCUT2D eigenvalue weighted by Gasteiger charge is 2.23. The lowest BCUT2D eigenvalue weighted by atomic mass is 10.2. The predicted molar refractivity (Wildman–Crippen MR) is 101 cm³/mol. The van der Waals surface area contributed by atoms with E-state index in [4.69, 9.17) is 0 Å². The van der Waals surface area contributed by atoms with Gasteiger partial charge >= 0.3 is 0 Å². The van der Waals surface area contributed by atoms with E-state index in [0.717, 1.165) is 35.5 Å². The lowest BCUT2D eigenvalue weighted by molar-refractivity contribution is -0.125. The molecule has 1 fully saturated rings. The predicted octanol–water partition coefficient (Wildman–Crippen LogP) is 2.52. The minimum absolute atomic E-state index is 0.0668. The molecule has 3 heterocycles. The van der Waals surface area contributed by atoms with Crippen LogP contribution in [-0.2, 0) is 11.3 Å². The minimum atomic E-state index is -0.0910. The molecule has 134 valence electrons. The summed E-state index contributed by atoms with van der Waals surface area (Å²) in [5.41, 5.74) is 2.90. The van der Waals surface area contributed by atoms with Gasteiger partial charge in [-0.2, -0.15) is 0 Å². The molecule has 0 unspecified atom stereocenters. The van der Waals surface area contributed by atoms with Gasteiger partial charge in [0.15, 0.2) is 0 Å². The zero-order valence-electron chi connectivity index (χ0n) is 14.9. The van der Waals surface area contributed by atoms with Gasteiger partial charge in [0.2, 0.25) is 5.91 Å². The SMILES string of the molecule is C[C@H](C(=O)NCc1cccnc1-n1cnc2ccccc21)N1CCCC1. The van der Waals surface area contributed by atoms with Crippen LogP contribution in [0.5, 0.6) is 0 Å². The average molecular weight is 349 g/mol. The van der Waals surface area contributed by atoms with Crippen molar-refractivity contribution in [2.45, 2.75) is 32.4 Å². The molecule has 0 spiro atoms. The van der Waals surface area contributed by atoms with Crippen LogP contribution in [0.1, 0.15) is 25.3 Å². The molecule has 6 nitrogen and oxygen atoms in total. The zero-order chi connectivity index (χ0) is 17.9. The number of imidazole rings is 1.